The van der Waals surface area contributed by atoms with Crippen LogP contribution in [0.3, 0.4) is 0 Å². The Morgan fingerprint density at radius 1 is 1.40 bits per heavy atom. The third kappa shape index (κ3) is 4.85. The van der Waals surface area contributed by atoms with Gasteiger partial charge in [0.25, 0.3) is 0 Å². The summed E-state index contributed by atoms with van der Waals surface area (Å²) in [5, 5.41) is 11.4. The summed E-state index contributed by atoms with van der Waals surface area (Å²) >= 11 is 0. The molecule has 1 unspecified atom stereocenters. The third-order valence-electron chi connectivity index (χ3n) is 4.51. The van der Waals surface area contributed by atoms with Gasteiger partial charge in [0.15, 0.2) is 0 Å². The van der Waals surface area contributed by atoms with Crippen molar-refractivity contribution in [1.82, 2.24) is 25.1 Å². The number of nitrogens with zero attached hydrogens (tertiary/aromatic N) is 5. The van der Waals surface area contributed by atoms with Gasteiger partial charge in [0.2, 0.25) is 5.91 Å². The molecule has 2 heterocycles. The normalized spacial score (nSPS) is 17.0. The zero-order valence-corrected chi connectivity index (χ0v) is 14.9. The highest BCUT2D eigenvalue weighted by atomic mass is 16.5. The molecule has 1 aliphatic heterocycles. The summed E-state index contributed by atoms with van der Waals surface area (Å²) in [6.45, 7) is 6.43. The van der Waals surface area contributed by atoms with Crippen LogP contribution in [-0.2, 0) is 22.6 Å². The van der Waals surface area contributed by atoms with Gasteiger partial charge in [-0.25, -0.2) is 4.68 Å². The standard InChI is InChI=1S/C18H25N5O2/c1-14-5-3-6-16(11-14)12-22(13-17-7-4-10-25-17)18(24)8-9-23-15(2)19-20-21-23/h3,5-6,11,17H,4,7-10,12-13H2,1-2H3. The van der Waals surface area contributed by atoms with Crippen molar-refractivity contribution >= 4 is 5.91 Å². The Balaban J connectivity index is 1.65. The first kappa shape index (κ1) is 17.5. The maximum Gasteiger partial charge on any atom is 0.224 e. The summed E-state index contributed by atoms with van der Waals surface area (Å²) in [5.74, 6) is 0.823. The number of ether oxygens (including phenoxy) is 1. The van der Waals surface area contributed by atoms with Crippen LogP contribution < -0.4 is 0 Å². The van der Waals surface area contributed by atoms with Gasteiger partial charge in [0, 0.05) is 26.1 Å². The molecular weight excluding hydrogens is 318 g/mol. The topological polar surface area (TPSA) is 73.1 Å². The van der Waals surface area contributed by atoms with E-state index in [1.54, 1.807) is 4.68 Å². The Morgan fingerprint density at radius 3 is 2.96 bits per heavy atom. The second kappa shape index (κ2) is 8.20. The predicted octanol–water partition coefficient (Wildman–Crippen LogP) is 1.89. The van der Waals surface area contributed by atoms with Crippen LogP contribution in [0.5, 0.6) is 0 Å². The van der Waals surface area contributed by atoms with E-state index >= 15 is 0 Å². The van der Waals surface area contributed by atoms with Crippen LogP contribution >= 0.6 is 0 Å². The maximum absolute atomic E-state index is 12.8. The largest absolute Gasteiger partial charge is 0.376 e. The van der Waals surface area contributed by atoms with E-state index in [0.717, 1.165) is 30.8 Å². The van der Waals surface area contributed by atoms with Gasteiger partial charge in [-0.05, 0) is 42.7 Å². The number of hydrogen-bond donors (Lipinski definition) is 0. The van der Waals surface area contributed by atoms with Crippen molar-refractivity contribution < 1.29 is 9.53 Å². The molecule has 25 heavy (non-hydrogen) atoms. The van der Waals surface area contributed by atoms with E-state index in [4.69, 9.17) is 4.74 Å². The van der Waals surface area contributed by atoms with E-state index < -0.39 is 0 Å². The molecular formula is C18H25N5O2. The van der Waals surface area contributed by atoms with Crippen LogP contribution in [0, 0.1) is 13.8 Å². The molecule has 0 aliphatic carbocycles. The summed E-state index contributed by atoms with van der Waals surface area (Å²) < 4.78 is 7.39. The summed E-state index contributed by atoms with van der Waals surface area (Å²) in [4.78, 5) is 14.7. The highest BCUT2D eigenvalue weighted by molar-refractivity contribution is 5.76. The quantitative estimate of drug-likeness (QED) is 0.767. The first-order valence-electron chi connectivity index (χ1n) is 8.79. The van der Waals surface area contributed by atoms with Crippen LogP contribution in [0.2, 0.25) is 0 Å². The number of tetrazole rings is 1. The van der Waals surface area contributed by atoms with Crippen molar-refractivity contribution in [3.63, 3.8) is 0 Å². The fourth-order valence-corrected chi connectivity index (χ4v) is 3.14. The zero-order valence-electron chi connectivity index (χ0n) is 14.9. The highest BCUT2D eigenvalue weighted by Gasteiger charge is 2.23. The molecule has 0 saturated carbocycles. The fraction of sp³-hybridized carbons (Fsp3) is 0.556. The van der Waals surface area contributed by atoms with Crippen molar-refractivity contribution in [1.29, 1.82) is 0 Å². The number of rotatable bonds is 7. The predicted molar refractivity (Wildman–Crippen MR) is 92.7 cm³/mol. The van der Waals surface area contributed by atoms with E-state index in [2.05, 4.69) is 40.6 Å². The van der Waals surface area contributed by atoms with E-state index in [9.17, 15) is 4.79 Å². The molecule has 1 aromatic carbocycles. The molecule has 0 bridgehead atoms. The monoisotopic (exact) mass is 343 g/mol. The van der Waals surface area contributed by atoms with Gasteiger partial charge in [-0.3, -0.25) is 4.79 Å². The van der Waals surface area contributed by atoms with Crippen molar-refractivity contribution in [2.24, 2.45) is 0 Å². The van der Waals surface area contributed by atoms with E-state index in [1.165, 1.54) is 5.56 Å². The fourth-order valence-electron chi connectivity index (χ4n) is 3.14. The third-order valence-corrected chi connectivity index (χ3v) is 4.51. The average Bonchev–Trinajstić information content (AvgIpc) is 3.24. The molecule has 1 atom stereocenters. The van der Waals surface area contributed by atoms with Crippen LogP contribution in [0.15, 0.2) is 24.3 Å². The molecule has 1 amide bonds. The lowest BCUT2D eigenvalue weighted by atomic mass is 10.1. The first-order valence-corrected chi connectivity index (χ1v) is 8.79. The second-order valence-electron chi connectivity index (χ2n) is 6.60. The molecule has 3 rings (SSSR count). The summed E-state index contributed by atoms with van der Waals surface area (Å²) in [7, 11) is 0. The van der Waals surface area contributed by atoms with Crippen LogP contribution in [-0.4, -0.2) is 50.3 Å². The van der Waals surface area contributed by atoms with Gasteiger partial charge in [-0.2, -0.15) is 0 Å². The molecule has 7 nitrogen and oxygen atoms in total. The molecule has 0 radical (unpaired) electrons. The number of aromatic nitrogens is 4. The molecule has 2 aromatic rings. The van der Waals surface area contributed by atoms with Crippen molar-refractivity contribution in [2.45, 2.75) is 52.3 Å². The van der Waals surface area contributed by atoms with Gasteiger partial charge >= 0.3 is 0 Å². The Morgan fingerprint density at radius 2 is 2.28 bits per heavy atom. The highest BCUT2D eigenvalue weighted by Crippen LogP contribution is 2.16. The van der Waals surface area contributed by atoms with Crippen LogP contribution in [0.25, 0.3) is 0 Å². The molecule has 1 fully saturated rings. The van der Waals surface area contributed by atoms with Gasteiger partial charge in [0.05, 0.1) is 12.6 Å². The summed E-state index contributed by atoms with van der Waals surface area (Å²) in [6.07, 6.45) is 2.61. The minimum Gasteiger partial charge on any atom is -0.376 e. The van der Waals surface area contributed by atoms with E-state index in [1.807, 2.05) is 17.9 Å². The SMILES string of the molecule is Cc1cccc(CN(CC2CCCO2)C(=O)CCn2nnnc2C)c1. The number of hydrogen-bond acceptors (Lipinski definition) is 5. The smallest absolute Gasteiger partial charge is 0.224 e. The molecule has 134 valence electrons. The van der Waals surface area contributed by atoms with Crippen LogP contribution in [0.1, 0.15) is 36.2 Å². The molecule has 7 heteroatoms. The Hall–Kier alpha value is -2.28. The maximum atomic E-state index is 12.8. The van der Waals surface area contributed by atoms with Crippen molar-refractivity contribution in [2.75, 3.05) is 13.2 Å². The molecule has 1 aromatic heterocycles. The lowest BCUT2D eigenvalue weighted by molar-refractivity contribution is -0.133. The Bertz CT molecular complexity index is 709. The lowest BCUT2D eigenvalue weighted by Crippen LogP contribution is -2.37. The van der Waals surface area contributed by atoms with Gasteiger partial charge in [-0.15, -0.1) is 5.10 Å². The Labute approximate surface area is 148 Å². The second-order valence-corrected chi connectivity index (χ2v) is 6.60. The van der Waals surface area contributed by atoms with Gasteiger partial charge < -0.3 is 9.64 Å². The lowest BCUT2D eigenvalue weighted by Gasteiger charge is -2.26. The summed E-state index contributed by atoms with van der Waals surface area (Å²) in [6, 6.07) is 8.29. The minimum absolute atomic E-state index is 0.104. The van der Waals surface area contributed by atoms with E-state index in [-0.39, 0.29) is 12.0 Å². The zero-order chi connectivity index (χ0) is 17.6. The molecule has 0 spiro atoms. The van der Waals surface area contributed by atoms with Gasteiger partial charge in [0.1, 0.15) is 5.82 Å². The van der Waals surface area contributed by atoms with Crippen molar-refractivity contribution in [3.8, 4) is 0 Å². The van der Waals surface area contributed by atoms with Crippen molar-refractivity contribution in [3.05, 3.63) is 41.2 Å². The van der Waals surface area contributed by atoms with Crippen LogP contribution in [0.4, 0.5) is 0 Å². The number of carbonyl (C=O) groups is 1. The Kier molecular flexibility index (Phi) is 5.75. The molecule has 0 N–H and O–H groups in total. The number of carbonyl (C=O) groups excluding carboxylic acids is 1. The first-order chi connectivity index (χ1) is 12.1. The molecule has 1 saturated heterocycles. The van der Waals surface area contributed by atoms with E-state index in [0.29, 0.717) is 26.1 Å². The minimum atomic E-state index is 0.104. The number of amides is 1. The summed E-state index contributed by atoms with van der Waals surface area (Å²) in [5.41, 5.74) is 2.34. The average molecular weight is 343 g/mol. The number of aryl methyl sites for hydroxylation is 3. The van der Waals surface area contributed by atoms with Gasteiger partial charge in [-0.1, -0.05) is 29.8 Å². The number of benzene rings is 1. The molecule has 1 aliphatic rings.